The van der Waals surface area contributed by atoms with Gasteiger partial charge in [0.05, 0.1) is 7.11 Å². The number of methoxy groups -OCH3 is 1. The molecule has 1 aromatic rings. The molecule has 1 atom stereocenters. The molecule has 0 aliphatic heterocycles. The van der Waals surface area contributed by atoms with Crippen LogP contribution in [0.4, 0.5) is 19.0 Å². The van der Waals surface area contributed by atoms with Crippen molar-refractivity contribution in [3.8, 4) is 5.88 Å². The topological polar surface area (TPSA) is 59.5 Å². The lowest BCUT2D eigenvalue weighted by molar-refractivity contribution is -0.126. The number of rotatable bonds is 4. The van der Waals surface area contributed by atoms with Crippen LogP contribution in [0.2, 0.25) is 0 Å². The molecule has 9 heteroatoms. The Labute approximate surface area is 109 Å². The molecule has 0 spiro atoms. The molecule has 5 nitrogen and oxygen atoms in total. The Kier molecular flexibility index (Phi) is 4.28. The third-order valence-electron chi connectivity index (χ3n) is 2.53. The molecule has 0 N–H and O–H groups in total. The Morgan fingerprint density at radius 1 is 1.37 bits per heavy atom. The van der Waals surface area contributed by atoms with Gasteiger partial charge in [-0.2, -0.15) is 18.2 Å². The molecule has 19 heavy (non-hydrogen) atoms. The molecule has 1 aromatic heterocycles. The molecule has 0 saturated carbocycles. The molecule has 0 saturated heterocycles. The van der Waals surface area contributed by atoms with Crippen molar-refractivity contribution in [2.75, 3.05) is 18.5 Å². The van der Waals surface area contributed by atoms with E-state index in [1.807, 2.05) is 0 Å². The van der Waals surface area contributed by atoms with E-state index in [1.54, 1.807) is 0 Å². The molecular weight excluding hydrogens is 285 g/mol. The fourth-order valence-corrected chi connectivity index (χ4v) is 2.40. The van der Waals surface area contributed by atoms with Gasteiger partial charge in [-0.05, 0) is 13.0 Å². The number of hydrogen-bond donors (Lipinski definition) is 0. The number of aromatic nitrogens is 1. The van der Waals surface area contributed by atoms with Gasteiger partial charge in [0.15, 0.2) is 5.25 Å². The van der Waals surface area contributed by atoms with Gasteiger partial charge in [0, 0.05) is 13.1 Å². The van der Waals surface area contributed by atoms with Gasteiger partial charge in [0.1, 0.15) is 5.82 Å². The number of nitrogens with zero attached hydrogens (tertiary/aromatic N) is 2. The summed E-state index contributed by atoms with van der Waals surface area (Å²) in [5.41, 5.74) is 0. The van der Waals surface area contributed by atoms with Gasteiger partial charge in [-0.15, -0.1) is 0 Å². The first-order valence-electron chi connectivity index (χ1n) is 5.16. The summed E-state index contributed by atoms with van der Waals surface area (Å²) < 4.78 is 66.4. The summed E-state index contributed by atoms with van der Waals surface area (Å²) in [6, 6.07) is 4.17. The first-order chi connectivity index (χ1) is 8.60. The van der Waals surface area contributed by atoms with E-state index in [1.165, 1.54) is 25.3 Å². The van der Waals surface area contributed by atoms with Crippen LogP contribution in [0.15, 0.2) is 18.2 Å². The maximum absolute atomic E-state index is 12.5. The average Bonchev–Trinajstić information content (AvgIpc) is 2.35. The van der Waals surface area contributed by atoms with Crippen LogP contribution in [0.3, 0.4) is 0 Å². The summed E-state index contributed by atoms with van der Waals surface area (Å²) in [5.74, 6) is -0.0327. The van der Waals surface area contributed by atoms with Crippen molar-refractivity contribution in [1.82, 2.24) is 4.98 Å². The molecule has 0 amide bonds. The zero-order valence-corrected chi connectivity index (χ0v) is 11.3. The zero-order valence-electron chi connectivity index (χ0n) is 10.5. The number of ether oxygens (including phenoxy) is 1. The average molecular weight is 298 g/mol. The Balaban J connectivity index is 3.14. The van der Waals surface area contributed by atoms with E-state index in [9.17, 15) is 21.6 Å². The highest BCUT2D eigenvalue weighted by molar-refractivity contribution is 7.93. The van der Waals surface area contributed by atoms with Gasteiger partial charge in [-0.25, -0.2) is 8.42 Å². The van der Waals surface area contributed by atoms with E-state index in [2.05, 4.69) is 4.98 Å². The highest BCUT2D eigenvalue weighted by Crippen LogP contribution is 2.29. The summed E-state index contributed by atoms with van der Waals surface area (Å²) in [5, 5.41) is -2.52. The van der Waals surface area contributed by atoms with Crippen molar-refractivity contribution in [3.05, 3.63) is 18.2 Å². The SMILES string of the molecule is COc1cccc(N(C)S(=O)(=O)C(C)C(F)(F)F)n1. The summed E-state index contributed by atoms with van der Waals surface area (Å²) >= 11 is 0. The van der Waals surface area contributed by atoms with Gasteiger partial charge in [-0.3, -0.25) is 4.31 Å². The Morgan fingerprint density at radius 2 is 1.95 bits per heavy atom. The summed E-state index contributed by atoms with van der Waals surface area (Å²) in [4.78, 5) is 3.78. The minimum atomic E-state index is -4.84. The molecule has 1 heterocycles. The standard InChI is InChI=1S/C10H13F3N2O3S/c1-7(10(11,12)13)19(16,17)15(2)8-5-4-6-9(14-8)18-3/h4-7H,1-3H3. The van der Waals surface area contributed by atoms with Crippen LogP contribution < -0.4 is 9.04 Å². The van der Waals surface area contributed by atoms with Crippen molar-refractivity contribution in [1.29, 1.82) is 0 Å². The minimum absolute atomic E-state index is 0.110. The smallest absolute Gasteiger partial charge is 0.407 e. The molecule has 108 valence electrons. The highest BCUT2D eigenvalue weighted by Gasteiger charge is 2.47. The Hall–Kier alpha value is -1.51. The van der Waals surface area contributed by atoms with E-state index in [4.69, 9.17) is 4.74 Å². The molecule has 0 aromatic carbocycles. The zero-order chi connectivity index (χ0) is 14.8. The maximum atomic E-state index is 12.5. The van der Waals surface area contributed by atoms with Gasteiger partial charge in [-0.1, -0.05) is 6.07 Å². The second-order valence-corrected chi connectivity index (χ2v) is 6.02. The number of pyridine rings is 1. The fourth-order valence-electron chi connectivity index (χ4n) is 1.23. The van der Waals surface area contributed by atoms with Crippen molar-refractivity contribution >= 4 is 15.8 Å². The van der Waals surface area contributed by atoms with Crippen LogP contribution >= 0.6 is 0 Å². The lowest BCUT2D eigenvalue weighted by atomic mass is 10.4. The molecule has 0 aliphatic carbocycles. The van der Waals surface area contributed by atoms with E-state index in [0.29, 0.717) is 11.2 Å². The third kappa shape index (κ3) is 3.28. The van der Waals surface area contributed by atoms with Crippen molar-refractivity contribution in [2.24, 2.45) is 0 Å². The number of alkyl halides is 3. The van der Waals surface area contributed by atoms with Crippen LogP contribution in [-0.4, -0.2) is 39.0 Å². The van der Waals surface area contributed by atoms with E-state index in [0.717, 1.165) is 7.05 Å². The van der Waals surface area contributed by atoms with E-state index in [-0.39, 0.29) is 11.7 Å². The lowest BCUT2D eigenvalue weighted by Crippen LogP contribution is -2.43. The van der Waals surface area contributed by atoms with Crippen LogP contribution in [-0.2, 0) is 10.0 Å². The maximum Gasteiger partial charge on any atom is 0.407 e. The molecule has 1 unspecified atom stereocenters. The van der Waals surface area contributed by atoms with Crippen molar-refractivity contribution < 1.29 is 26.3 Å². The molecule has 1 rings (SSSR count). The lowest BCUT2D eigenvalue weighted by Gasteiger charge is -2.24. The number of halogens is 3. The van der Waals surface area contributed by atoms with Gasteiger partial charge in [0.25, 0.3) is 0 Å². The molecule has 0 aliphatic rings. The van der Waals surface area contributed by atoms with Crippen LogP contribution in [0, 0.1) is 0 Å². The monoisotopic (exact) mass is 298 g/mol. The van der Waals surface area contributed by atoms with Crippen LogP contribution in [0.5, 0.6) is 5.88 Å². The van der Waals surface area contributed by atoms with Crippen molar-refractivity contribution in [2.45, 2.75) is 18.3 Å². The van der Waals surface area contributed by atoms with Crippen LogP contribution in [0.25, 0.3) is 0 Å². The van der Waals surface area contributed by atoms with Crippen molar-refractivity contribution in [3.63, 3.8) is 0 Å². The first-order valence-corrected chi connectivity index (χ1v) is 6.66. The quantitative estimate of drug-likeness (QED) is 0.850. The van der Waals surface area contributed by atoms with E-state index < -0.39 is 21.4 Å². The molecule has 0 bridgehead atoms. The number of sulfonamides is 1. The largest absolute Gasteiger partial charge is 0.481 e. The number of anilines is 1. The normalized spacial score (nSPS) is 14.0. The predicted octanol–water partition coefficient (Wildman–Crippen LogP) is 1.81. The Bertz CT molecular complexity index is 545. The second kappa shape index (κ2) is 5.24. The minimum Gasteiger partial charge on any atom is -0.481 e. The summed E-state index contributed by atoms with van der Waals surface area (Å²) in [7, 11) is -2.25. The van der Waals surface area contributed by atoms with Crippen LogP contribution in [0.1, 0.15) is 6.92 Å². The summed E-state index contributed by atoms with van der Waals surface area (Å²) in [6.45, 7) is 0.589. The molecular formula is C10H13F3N2O3S. The molecule has 0 fully saturated rings. The first kappa shape index (κ1) is 15.5. The highest BCUT2D eigenvalue weighted by atomic mass is 32.2. The Morgan fingerprint density at radius 3 is 2.42 bits per heavy atom. The predicted molar refractivity (Wildman–Crippen MR) is 63.6 cm³/mol. The fraction of sp³-hybridized carbons (Fsp3) is 0.500. The number of hydrogen-bond acceptors (Lipinski definition) is 4. The van der Waals surface area contributed by atoms with Gasteiger partial charge < -0.3 is 4.74 Å². The molecule has 0 radical (unpaired) electrons. The summed E-state index contributed by atoms with van der Waals surface area (Å²) in [6.07, 6.45) is -4.84. The second-order valence-electron chi connectivity index (χ2n) is 3.73. The van der Waals surface area contributed by atoms with E-state index >= 15 is 0 Å². The van der Waals surface area contributed by atoms with Gasteiger partial charge in [0.2, 0.25) is 15.9 Å². The van der Waals surface area contributed by atoms with Gasteiger partial charge >= 0.3 is 6.18 Å². The third-order valence-corrected chi connectivity index (χ3v) is 4.64.